The second kappa shape index (κ2) is 9.48. The van der Waals surface area contributed by atoms with E-state index in [9.17, 15) is 9.59 Å². The molecule has 0 unspecified atom stereocenters. The molecule has 6 nitrogen and oxygen atoms in total. The molecule has 3 rings (SSSR count). The summed E-state index contributed by atoms with van der Waals surface area (Å²) >= 11 is 0. The summed E-state index contributed by atoms with van der Waals surface area (Å²) in [4.78, 5) is 25.7. The zero-order valence-corrected chi connectivity index (χ0v) is 17.6. The van der Waals surface area contributed by atoms with Gasteiger partial charge in [0.25, 0.3) is 0 Å². The summed E-state index contributed by atoms with van der Waals surface area (Å²) in [6, 6.07) is 12.9. The minimum Gasteiger partial charge on any atom is -0.497 e. The molecule has 1 aliphatic rings. The largest absolute Gasteiger partial charge is 0.497 e. The summed E-state index contributed by atoms with van der Waals surface area (Å²) in [5.41, 5.74) is 2.47. The number of esters is 1. The molecule has 0 radical (unpaired) electrons. The topological polar surface area (TPSA) is 71.1 Å². The average Bonchev–Trinajstić information content (AvgIpc) is 2.78. The number of ether oxygens (including phenoxy) is 4. The lowest BCUT2D eigenvalue weighted by atomic mass is 9.73. The number of hydrogen-bond donors (Lipinski definition) is 0. The second-order valence-corrected chi connectivity index (χ2v) is 6.99. The Morgan fingerprint density at radius 3 is 2.23 bits per heavy atom. The van der Waals surface area contributed by atoms with Crippen LogP contribution in [0.3, 0.4) is 0 Å². The lowest BCUT2D eigenvalue weighted by Gasteiger charge is -2.30. The third-order valence-electron chi connectivity index (χ3n) is 5.25. The van der Waals surface area contributed by atoms with Gasteiger partial charge in [-0.3, -0.25) is 9.59 Å². The number of hydrogen-bond acceptors (Lipinski definition) is 6. The molecular weight excluding hydrogens is 384 g/mol. The first kappa shape index (κ1) is 21.4. The Bertz CT molecular complexity index is 940. The Labute approximate surface area is 176 Å². The van der Waals surface area contributed by atoms with Crippen molar-refractivity contribution in [1.29, 1.82) is 0 Å². The fourth-order valence-corrected chi connectivity index (χ4v) is 3.76. The van der Waals surface area contributed by atoms with Gasteiger partial charge in [0.15, 0.2) is 5.78 Å². The van der Waals surface area contributed by atoms with Crippen LogP contribution in [-0.4, -0.2) is 39.7 Å². The highest BCUT2D eigenvalue weighted by molar-refractivity contribution is 6.10. The van der Waals surface area contributed by atoms with E-state index >= 15 is 0 Å². The molecule has 6 heteroatoms. The lowest BCUT2D eigenvalue weighted by molar-refractivity contribution is -0.151. The summed E-state index contributed by atoms with van der Waals surface area (Å²) in [6.07, 6.45) is 2.02. The molecule has 0 N–H and O–H groups in total. The Morgan fingerprint density at radius 2 is 1.63 bits per heavy atom. The molecule has 0 saturated heterocycles. The molecule has 0 spiro atoms. The number of carbonyl (C=O) groups is 2. The van der Waals surface area contributed by atoms with Crippen molar-refractivity contribution in [3.05, 3.63) is 59.7 Å². The molecule has 30 heavy (non-hydrogen) atoms. The first-order valence-corrected chi connectivity index (χ1v) is 9.79. The Kier molecular flexibility index (Phi) is 6.77. The normalized spacial score (nSPS) is 18.4. The summed E-state index contributed by atoms with van der Waals surface area (Å²) in [7, 11) is 4.74. The van der Waals surface area contributed by atoms with Gasteiger partial charge in [-0.2, -0.15) is 0 Å². The van der Waals surface area contributed by atoms with Crippen LogP contribution in [-0.2, 0) is 14.3 Å². The summed E-state index contributed by atoms with van der Waals surface area (Å²) in [5, 5.41) is 0. The number of allylic oxidation sites excluding steroid dienone is 2. The Morgan fingerprint density at radius 1 is 0.967 bits per heavy atom. The highest BCUT2D eigenvalue weighted by Gasteiger charge is 2.40. The molecule has 2 aromatic rings. The van der Waals surface area contributed by atoms with Crippen molar-refractivity contribution < 1.29 is 28.5 Å². The first-order chi connectivity index (χ1) is 14.5. The predicted molar refractivity (Wildman–Crippen MR) is 113 cm³/mol. The number of benzene rings is 2. The maximum absolute atomic E-state index is 13.1. The van der Waals surface area contributed by atoms with Crippen molar-refractivity contribution in [2.24, 2.45) is 5.92 Å². The average molecular weight is 410 g/mol. The minimum absolute atomic E-state index is 0.219. The van der Waals surface area contributed by atoms with Crippen LogP contribution in [0.25, 0.3) is 5.57 Å². The molecule has 2 atom stereocenters. The monoisotopic (exact) mass is 410 g/mol. The van der Waals surface area contributed by atoms with E-state index in [1.807, 2.05) is 36.4 Å². The molecule has 2 aromatic carbocycles. The molecule has 0 aliphatic heterocycles. The van der Waals surface area contributed by atoms with Gasteiger partial charge < -0.3 is 18.9 Å². The SMILES string of the molecule is CCOC(=O)[C@H]1C(=O)C=C(c2cc(OC)cc(OC)c2)C[C@@H]1c1cccc(OC)c1. The van der Waals surface area contributed by atoms with Crippen molar-refractivity contribution in [1.82, 2.24) is 0 Å². The van der Waals surface area contributed by atoms with Crippen molar-refractivity contribution in [3.8, 4) is 17.2 Å². The van der Waals surface area contributed by atoms with Gasteiger partial charge in [-0.25, -0.2) is 0 Å². The molecule has 0 heterocycles. The minimum atomic E-state index is -0.895. The van der Waals surface area contributed by atoms with Crippen molar-refractivity contribution in [2.75, 3.05) is 27.9 Å². The first-order valence-electron chi connectivity index (χ1n) is 9.79. The van der Waals surface area contributed by atoms with Crippen molar-refractivity contribution >= 4 is 17.3 Å². The van der Waals surface area contributed by atoms with E-state index in [2.05, 4.69) is 0 Å². The second-order valence-electron chi connectivity index (χ2n) is 6.99. The summed E-state index contributed by atoms with van der Waals surface area (Å²) < 4.78 is 21.3. The molecule has 0 bridgehead atoms. The Hall–Kier alpha value is -3.28. The van der Waals surface area contributed by atoms with E-state index in [-0.39, 0.29) is 18.3 Å². The van der Waals surface area contributed by atoms with E-state index < -0.39 is 11.9 Å². The molecular formula is C24H26O6. The van der Waals surface area contributed by atoms with Crippen LogP contribution in [0, 0.1) is 5.92 Å². The van der Waals surface area contributed by atoms with Crippen molar-refractivity contribution in [2.45, 2.75) is 19.3 Å². The fourth-order valence-electron chi connectivity index (χ4n) is 3.76. The van der Waals surface area contributed by atoms with E-state index in [1.54, 1.807) is 34.3 Å². The van der Waals surface area contributed by atoms with E-state index in [0.717, 1.165) is 16.7 Å². The number of carbonyl (C=O) groups excluding carboxylic acids is 2. The van der Waals surface area contributed by atoms with Crippen LogP contribution in [0.4, 0.5) is 0 Å². The van der Waals surface area contributed by atoms with E-state index in [1.165, 1.54) is 6.08 Å². The zero-order chi connectivity index (χ0) is 21.7. The third kappa shape index (κ3) is 4.48. The van der Waals surface area contributed by atoms with Gasteiger partial charge in [0.1, 0.15) is 23.2 Å². The molecule has 0 fully saturated rings. The van der Waals surface area contributed by atoms with Crippen LogP contribution in [0.1, 0.15) is 30.4 Å². The molecule has 0 saturated carbocycles. The number of ketones is 1. The summed E-state index contributed by atoms with van der Waals surface area (Å²) in [5.74, 6) is -0.122. The quantitative estimate of drug-likeness (QED) is 0.507. The van der Waals surface area contributed by atoms with Gasteiger partial charge in [0.05, 0.1) is 27.9 Å². The number of methoxy groups -OCH3 is 3. The third-order valence-corrected chi connectivity index (χ3v) is 5.25. The van der Waals surface area contributed by atoms with Crippen LogP contribution in [0.5, 0.6) is 17.2 Å². The Balaban J connectivity index is 2.07. The van der Waals surface area contributed by atoms with E-state index in [0.29, 0.717) is 23.7 Å². The smallest absolute Gasteiger partial charge is 0.317 e. The van der Waals surface area contributed by atoms with Crippen molar-refractivity contribution in [3.63, 3.8) is 0 Å². The lowest BCUT2D eigenvalue weighted by Crippen LogP contribution is -2.34. The van der Waals surface area contributed by atoms with Gasteiger partial charge in [0, 0.05) is 12.0 Å². The molecule has 158 valence electrons. The molecule has 1 aliphatic carbocycles. The maximum atomic E-state index is 13.1. The van der Waals surface area contributed by atoms with Gasteiger partial charge in [-0.1, -0.05) is 12.1 Å². The van der Waals surface area contributed by atoms with Gasteiger partial charge >= 0.3 is 5.97 Å². The summed E-state index contributed by atoms with van der Waals surface area (Å²) in [6.45, 7) is 1.95. The zero-order valence-electron chi connectivity index (χ0n) is 17.6. The highest BCUT2D eigenvalue weighted by Crippen LogP contribution is 2.42. The molecule has 0 amide bonds. The highest BCUT2D eigenvalue weighted by atomic mass is 16.5. The predicted octanol–water partition coefficient (Wildman–Crippen LogP) is 4.03. The number of rotatable bonds is 7. The van der Waals surface area contributed by atoms with Crippen LogP contribution in [0.15, 0.2) is 48.5 Å². The fraction of sp³-hybridized carbons (Fsp3) is 0.333. The van der Waals surface area contributed by atoms with Crippen LogP contribution < -0.4 is 14.2 Å². The maximum Gasteiger partial charge on any atom is 0.317 e. The van der Waals surface area contributed by atoms with Crippen LogP contribution >= 0.6 is 0 Å². The van der Waals surface area contributed by atoms with Gasteiger partial charge in [0.2, 0.25) is 0 Å². The van der Waals surface area contributed by atoms with E-state index in [4.69, 9.17) is 18.9 Å². The molecule has 0 aromatic heterocycles. The standard InChI is InChI=1S/C24H26O6/c1-5-30-24(26)23-21(15-7-6-8-18(9-15)27-2)12-17(13-22(23)25)16-10-19(28-3)14-20(11-16)29-4/h6-11,13-14,21,23H,5,12H2,1-4H3/t21-,23-/m1/s1. The van der Waals surface area contributed by atoms with Gasteiger partial charge in [-0.05, 0) is 60.4 Å². The van der Waals surface area contributed by atoms with Gasteiger partial charge in [-0.15, -0.1) is 0 Å². The van der Waals surface area contributed by atoms with Crippen LogP contribution in [0.2, 0.25) is 0 Å².